The molecule has 3 aromatic rings. The normalized spacial score (nSPS) is 15.3. The number of rotatable bonds is 4. The number of aryl methyl sites for hydroxylation is 2. The van der Waals surface area contributed by atoms with Gasteiger partial charge in [-0.25, -0.2) is 8.42 Å². The lowest BCUT2D eigenvalue weighted by Crippen LogP contribution is -2.51. The zero-order valence-corrected chi connectivity index (χ0v) is 20.1. The standard InChI is InChI=1S/C23H23Cl2N3O3S/c1-15-17-6-3-4-9-21(17)26-16(2)18(15)14-22(29)27-10-12-28(13-11-27)32(30,31)23-19(24)7-5-8-20(23)25/h3-9H,10-14H2,1-2H3. The first-order valence-electron chi connectivity index (χ1n) is 10.3. The minimum atomic E-state index is -3.85. The lowest BCUT2D eigenvalue weighted by Gasteiger charge is -2.34. The number of aromatic nitrogens is 1. The summed E-state index contributed by atoms with van der Waals surface area (Å²) in [7, 11) is -3.85. The Kier molecular flexibility index (Phi) is 6.45. The molecule has 1 fully saturated rings. The fourth-order valence-corrected chi connectivity index (χ4v) is 6.64. The van der Waals surface area contributed by atoms with Crippen molar-refractivity contribution in [3.8, 4) is 0 Å². The number of benzene rings is 2. The third kappa shape index (κ3) is 4.22. The monoisotopic (exact) mass is 491 g/mol. The van der Waals surface area contributed by atoms with Crippen molar-refractivity contribution in [3.05, 3.63) is 69.3 Å². The molecule has 0 unspecified atom stereocenters. The number of pyridine rings is 1. The average Bonchev–Trinajstić information content (AvgIpc) is 2.76. The van der Waals surface area contributed by atoms with Gasteiger partial charge in [0.05, 0.1) is 22.0 Å². The number of carbonyl (C=O) groups is 1. The predicted molar refractivity (Wildman–Crippen MR) is 127 cm³/mol. The van der Waals surface area contributed by atoms with Crippen molar-refractivity contribution in [2.75, 3.05) is 26.2 Å². The van der Waals surface area contributed by atoms with Crippen LogP contribution in [-0.2, 0) is 21.2 Å². The second-order valence-electron chi connectivity index (χ2n) is 7.83. The molecule has 0 radical (unpaired) electrons. The summed E-state index contributed by atoms with van der Waals surface area (Å²) in [6.45, 7) is 4.91. The minimum absolute atomic E-state index is 0.0406. The van der Waals surface area contributed by atoms with Crippen molar-refractivity contribution in [1.29, 1.82) is 0 Å². The third-order valence-corrected chi connectivity index (χ3v) is 8.78. The summed E-state index contributed by atoms with van der Waals surface area (Å²) in [4.78, 5) is 19.3. The second kappa shape index (κ2) is 8.98. The number of nitrogens with zero attached hydrogens (tertiary/aromatic N) is 3. The molecule has 0 bridgehead atoms. The number of hydrogen-bond donors (Lipinski definition) is 0. The number of sulfonamides is 1. The van der Waals surface area contributed by atoms with Crippen LogP contribution in [0.3, 0.4) is 0 Å². The molecule has 1 aromatic heterocycles. The number of fused-ring (bicyclic) bond motifs is 1. The summed E-state index contributed by atoms with van der Waals surface area (Å²) in [5.41, 5.74) is 3.72. The summed E-state index contributed by atoms with van der Waals surface area (Å²) in [6.07, 6.45) is 0.235. The van der Waals surface area contributed by atoms with Crippen LogP contribution in [0.1, 0.15) is 16.8 Å². The summed E-state index contributed by atoms with van der Waals surface area (Å²) in [5.74, 6) is -0.0406. The van der Waals surface area contributed by atoms with E-state index in [1.54, 1.807) is 11.0 Å². The first-order valence-corrected chi connectivity index (χ1v) is 12.5. The van der Waals surface area contributed by atoms with Crippen LogP contribution in [0.25, 0.3) is 10.9 Å². The van der Waals surface area contributed by atoms with Crippen molar-refractivity contribution >= 4 is 50.0 Å². The van der Waals surface area contributed by atoms with Gasteiger partial charge in [-0.2, -0.15) is 4.31 Å². The zero-order valence-electron chi connectivity index (χ0n) is 17.8. The van der Waals surface area contributed by atoms with Crippen molar-refractivity contribution in [2.24, 2.45) is 0 Å². The molecule has 0 aliphatic carbocycles. The smallest absolute Gasteiger partial charge is 0.246 e. The average molecular weight is 492 g/mol. The molecule has 2 heterocycles. The van der Waals surface area contributed by atoms with E-state index in [-0.39, 0.29) is 40.4 Å². The Labute approximate surface area is 197 Å². The zero-order chi connectivity index (χ0) is 23.0. The van der Waals surface area contributed by atoms with Crippen LogP contribution in [0.4, 0.5) is 0 Å². The van der Waals surface area contributed by atoms with E-state index in [9.17, 15) is 13.2 Å². The Balaban J connectivity index is 1.48. The van der Waals surface area contributed by atoms with E-state index in [0.717, 1.165) is 27.7 Å². The number of para-hydroxylation sites is 1. The molecule has 32 heavy (non-hydrogen) atoms. The van der Waals surface area contributed by atoms with E-state index in [1.807, 2.05) is 38.1 Å². The SMILES string of the molecule is Cc1nc2ccccc2c(C)c1CC(=O)N1CCN(S(=O)(=O)c2c(Cl)cccc2Cl)CC1. The molecule has 0 saturated carbocycles. The van der Waals surface area contributed by atoms with Crippen LogP contribution >= 0.6 is 23.2 Å². The summed E-state index contributed by atoms with van der Waals surface area (Å²) >= 11 is 12.2. The van der Waals surface area contributed by atoms with E-state index >= 15 is 0 Å². The van der Waals surface area contributed by atoms with Gasteiger partial charge in [0.25, 0.3) is 0 Å². The minimum Gasteiger partial charge on any atom is -0.340 e. The molecular formula is C23H23Cl2N3O3S. The molecule has 1 saturated heterocycles. The third-order valence-electron chi connectivity index (χ3n) is 5.92. The van der Waals surface area contributed by atoms with Gasteiger partial charge >= 0.3 is 0 Å². The van der Waals surface area contributed by atoms with Gasteiger partial charge in [-0.05, 0) is 43.2 Å². The molecule has 4 rings (SSSR count). The van der Waals surface area contributed by atoms with Crippen LogP contribution < -0.4 is 0 Å². The molecule has 9 heteroatoms. The topological polar surface area (TPSA) is 70.6 Å². The largest absolute Gasteiger partial charge is 0.340 e. The Hall–Kier alpha value is -2.19. The number of amides is 1. The van der Waals surface area contributed by atoms with E-state index in [2.05, 4.69) is 4.98 Å². The molecule has 1 aliphatic rings. The lowest BCUT2D eigenvalue weighted by molar-refractivity contribution is -0.131. The molecule has 0 N–H and O–H groups in total. The highest BCUT2D eigenvalue weighted by atomic mass is 35.5. The highest BCUT2D eigenvalue weighted by molar-refractivity contribution is 7.89. The first-order chi connectivity index (χ1) is 15.2. The van der Waals surface area contributed by atoms with Crippen molar-refractivity contribution in [2.45, 2.75) is 25.2 Å². The van der Waals surface area contributed by atoms with Gasteiger partial charge in [0.1, 0.15) is 4.90 Å². The molecule has 0 spiro atoms. The van der Waals surface area contributed by atoms with Crippen LogP contribution in [0.2, 0.25) is 10.0 Å². The van der Waals surface area contributed by atoms with Gasteiger partial charge in [-0.1, -0.05) is 47.5 Å². The lowest BCUT2D eigenvalue weighted by atomic mass is 9.99. The fraction of sp³-hybridized carbons (Fsp3) is 0.304. The van der Waals surface area contributed by atoms with Crippen molar-refractivity contribution in [1.82, 2.24) is 14.2 Å². The highest BCUT2D eigenvalue weighted by Crippen LogP contribution is 2.32. The van der Waals surface area contributed by atoms with Crippen LogP contribution in [0.5, 0.6) is 0 Å². The Morgan fingerprint density at radius 2 is 1.59 bits per heavy atom. The molecule has 0 atom stereocenters. The van der Waals surface area contributed by atoms with Gasteiger partial charge in [-0.15, -0.1) is 0 Å². The van der Waals surface area contributed by atoms with Crippen molar-refractivity contribution in [3.63, 3.8) is 0 Å². The van der Waals surface area contributed by atoms with E-state index in [0.29, 0.717) is 13.1 Å². The Morgan fingerprint density at radius 1 is 0.969 bits per heavy atom. The quantitative estimate of drug-likeness (QED) is 0.547. The Bertz CT molecular complexity index is 1280. The number of piperazine rings is 1. The molecule has 1 aliphatic heterocycles. The highest BCUT2D eigenvalue weighted by Gasteiger charge is 2.33. The van der Waals surface area contributed by atoms with Gasteiger partial charge < -0.3 is 4.90 Å². The summed E-state index contributed by atoms with van der Waals surface area (Å²) < 4.78 is 27.4. The first kappa shape index (κ1) is 23.0. The molecule has 168 valence electrons. The number of halogens is 2. The summed E-state index contributed by atoms with van der Waals surface area (Å²) in [5, 5.41) is 1.21. The number of hydrogen-bond acceptors (Lipinski definition) is 4. The fourth-order valence-electron chi connectivity index (χ4n) is 4.13. The Morgan fingerprint density at radius 3 is 2.25 bits per heavy atom. The maximum Gasteiger partial charge on any atom is 0.246 e. The van der Waals surface area contributed by atoms with Gasteiger partial charge in [0.15, 0.2) is 0 Å². The maximum atomic E-state index is 13.1. The molecule has 2 aromatic carbocycles. The van der Waals surface area contributed by atoms with Crippen LogP contribution in [-0.4, -0.2) is 54.7 Å². The number of carbonyl (C=O) groups excluding carboxylic acids is 1. The van der Waals surface area contributed by atoms with E-state index < -0.39 is 10.0 Å². The van der Waals surface area contributed by atoms with E-state index in [4.69, 9.17) is 23.2 Å². The maximum absolute atomic E-state index is 13.1. The summed E-state index contributed by atoms with van der Waals surface area (Å²) in [6, 6.07) is 12.5. The van der Waals surface area contributed by atoms with Crippen LogP contribution in [0, 0.1) is 13.8 Å². The van der Waals surface area contributed by atoms with Gasteiger partial charge in [-0.3, -0.25) is 9.78 Å². The van der Waals surface area contributed by atoms with E-state index in [1.165, 1.54) is 16.4 Å². The second-order valence-corrected chi connectivity index (χ2v) is 10.5. The molecular weight excluding hydrogens is 469 g/mol. The van der Waals surface area contributed by atoms with Crippen LogP contribution in [0.15, 0.2) is 47.4 Å². The molecule has 6 nitrogen and oxygen atoms in total. The van der Waals surface area contributed by atoms with Gasteiger partial charge in [0.2, 0.25) is 15.9 Å². The molecule has 1 amide bonds. The van der Waals surface area contributed by atoms with Gasteiger partial charge in [0, 0.05) is 37.3 Å². The van der Waals surface area contributed by atoms with Crippen molar-refractivity contribution < 1.29 is 13.2 Å². The predicted octanol–water partition coefficient (Wildman–Crippen LogP) is 4.23.